The van der Waals surface area contributed by atoms with Crippen molar-refractivity contribution in [2.24, 2.45) is 0 Å². The smallest absolute Gasteiger partial charge is 0.267 e. The number of hydrogen-bond acceptors (Lipinski definition) is 5. The molecule has 1 fully saturated rings. The molecule has 0 unspecified atom stereocenters. The molecule has 2 aromatic rings. The summed E-state index contributed by atoms with van der Waals surface area (Å²) in [6, 6.07) is 8.81. The summed E-state index contributed by atoms with van der Waals surface area (Å²) in [5.41, 5.74) is 2.89. The van der Waals surface area contributed by atoms with Gasteiger partial charge in [-0.1, -0.05) is 29.8 Å². The molecule has 3 rings (SSSR count). The summed E-state index contributed by atoms with van der Waals surface area (Å²) in [4.78, 5) is 17.6. The highest BCUT2D eigenvalue weighted by Gasteiger charge is 2.21. The molecule has 0 atom stereocenters. The summed E-state index contributed by atoms with van der Waals surface area (Å²) in [7, 11) is 0. The van der Waals surface area contributed by atoms with Crippen LogP contribution in [0.15, 0.2) is 42.6 Å². The third-order valence-electron chi connectivity index (χ3n) is 4.68. The van der Waals surface area contributed by atoms with Gasteiger partial charge in [0.05, 0.1) is 5.02 Å². The minimum Gasteiger partial charge on any atom is -0.366 e. The fourth-order valence-electron chi connectivity index (χ4n) is 3.16. The predicted molar refractivity (Wildman–Crippen MR) is 107 cm³/mol. The van der Waals surface area contributed by atoms with Gasteiger partial charge in [0.25, 0.3) is 5.91 Å². The van der Waals surface area contributed by atoms with Crippen LogP contribution >= 0.6 is 11.6 Å². The summed E-state index contributed by atoms with van der Waals surface area (Å²) in [6.07, 6.45) is 6.11. The molecule has 0 saturated carbocycles. The standard InChI is InChI=1S/C20H22ClFN4O2/c21-17-11-14(5-6-19(27)25-28)12-23-20(17)24-16-7-9-26(10-8-16)13-15-3-1-2-4-18(15)22/h1-6,11-12,16,28H,7-10,13H2,(H,23,24)(H,25,27). The van der Waals surface area contributed by atoms with E-state index in [-0.39, 0.29) is 11.9 Å². The Morgan fingerprint density at radius 3 is 2.79 bits per heavy atom. The van der Waals surface area contributed by atoms with Crippen molar-refractivity contribution in [2.45, 2.75) is 25.4 Å². The molecule has 0 bridgehead atoms. The van der Waals surface area contributed by atoms with Gasteiger partial charge in [0.15, 0.2) is 0 Å². The van der Waals surface area contributed by atoms with Crippen molar-refractivity contribution in [2.75, 3.05) is 18.4 Å². The highest BCUT2D eigenvalue weighted by Crippen LogP contribution is 2.24. The number of aromatic nitrogens is 1. The van der Waals surface area contributed by atoms with Gasteiger partial charge in [-0.25, -0.2) is 14.9 Å². The molecule has 8 heteroatoms. The van der Waals surface area contributed by atoms with Crippen molar-refractivity contribution in [3.63, 3.8) is 0 Å². The molecule has 3 N–H and O–H groups in total. The van der Waals surface area contributed by atoms with Crippen molar-refractivity contribution in [3.05, 3.63) is 64.6 Å². The van der Waals surface area contributed by atoms with E-state index < -0.39 is 5.91 Å². The first-order valence-corrected chi connectivity index (χ1v) is 9.43. The second-order valence-corrected chi connectivity index (χ2v) is 7.10. The van der Waals surface area contributed by atoms with Crippen molar-refractivity contribution >= 4 is 29.4 Å². The third-order valence-corrected chi connectivity index (χ3v) is 4.97. The van der Waals surface area contributed by atoms with Gasteiger partial charge < -0.3 is 5.32 Å². The number of hydrogen-bond donors (Lipinski definition) is 3. The lowest BCUT2D eigenvalue weighted by Crippen LogP contribution is -2.39. The normalized spacial score (nSPS) is 15.7. The van der Waals surface area contributed by atoms with Gasteiger partial charge in [0.1, 0.15) is 11.6 Å². The lowest BCUT2D eigenvalue weighted by atomic mass is 10.0. The third kappa shape index (κ3) is 5.51. The molecule has 1 saturated heterocycles. The van der Waals surface area contributed by atoms with E-state index in [1.54, 1.807) is 18.3 Å². The van der Waals surface area contributed by atoms with Crippen LogP contribution in [0.5, 0.6) is 0 Å². The topological polar surface area (TPSA) is 77.5 Å². The van der Waals surface area contributed by atoms with Crippen LogP contribution < -0.4 is 10.8 Å². The van der Waals surface area contributed by atoms with Crippen LogP contribution in [0.4, 0.5) is 10.2 Å². The molecule has 6 nitrogen and oxygen atoms in total. The monoisotopic (exact) mass is 404 g/mol. The zero-order valence-electron chi connectivity index (χ0n) is 15.2. The van der Waals surface area contributed by atoms with Crippen LogP contribution in [-0.2, 0) is 11.3 Å². The maximum absolute atomic E-state index is 13.8. The Labute approximate surface area is 168 Å². The van der Waals surface area contributed by atoms with E-state index in [4.69, 9.17) is 16.8 Å². The predicted octanol–water partition coefficient (Wildman–Crippen LogP) is 3.47. The number of amides is 1. The quantitative estimate of drug-likeness (QED) is 0.390. The first-order valence-electron chi connectivity index (χ1n) is 9.05. The minimum atomic E-state index is -0.625. The molecule has 1 aromatic heterocycles. The van der Waals surface area contributed by atoms with E-state index in [0.29, 0.717) is 22.9 Å². The Morgan fingerprint density at radius 1 is 1.36 bits per heavy atom. The van der Waals surface area contributed by atoms with E-state index in [1.165, 1.54) is 23.7 Å². The second-order valence-electron chi connectivity index (χ2n) is 6.69. The van der Waals surface area contributed by atoms with E-state index in [0.717, 1.165) is 31.5 Å². The van der Waals surface area contributed by atoms with E-state index in [2.05, 4.69) is 15.2 Å². The van der Waals surface area contributed by atoms with Crippen molar-refractivity contribution in [1.29, 1.82) is 0 Å². The number of halogens is 2. The molecule has 28 heavy (non-hydrogen) atoms. The summed E-state index contributed by atoms with van der Waals surface area (Å²) < 4.78 is 13.8. The fraction of sp³-hybridized carbons (Fsp3) is 0.300. The Hall–Kier alpha value is -2.48. The van der Waals surface area contributed by atoms with E-state index in [9.17, 15) is 9.18 Å². The maximum Gasteiger partial charge on any atom is 0.267 e. The largest absolute Gasteiger partial charge is 0.366 e. The van der Waals surface area contributed by atoms with Crippen LogP contribution in [-0.4, -0.2) is 40.1 Å². The lowest BCUT2D eigenvalue weighted by molar-refractivity contribution is -0.124. The number of carbonyl (C=O) groups is 1. The minimum absolute atomic E-state index is 0.163. The van der Waals surface area contributed by atoms with Gasteiger partial charge in [0.2, 0.25) is 0 Å². The highest BCUT2D eigenvalue weighted by molar-refractivity contribution is 6.33. The summed E-state index contributed by atoms with van der Waals surface area (Å²) in [5.74, 6) is -0.192. The second kappa shape index (κ2) is 9.64. The molecule has 0 aliphatic carbocycles. The molecule has 1 aromatic carbocycles. The Morgan fingerprint density at radius 2 is 2.11 bits per heavy atom. The Bertz CT molecular complexity index is 854. The van der Waals surface area contributed by atoms with Gasteiger partial charge in [-0.3, -0.25) is 14.9 Å². The van der Waals surface area contributed by atoms with Gasteiger partial charge in [0, 0.05) is 43.5 Å². The average molecular weight is 405 g/mol. The van der Waals surface area contributed by atoms with Crippen LogP contribution in [0, 0.1) is 5.82 Å². The molecular formula is C20H22ClFN4O2. The summed E-state index contributed by atoms with van der Waals surface area (Å²) in [6.45, 7) is 2.34. The van der Waals surface area contributed by atoms with Gasteiger partial charge in [-0.2, -0.15) is 0 Å². The number of nitrogens with one attached hydrogen (secondary N) is 2. The molecule has 1 aliphatic heterocycles. The number of benzene rings is 1. The molecule has 1 aliphatic rings. The van der Waals surface area contributed by atoms with E-state index in [1.807, 2.05) is 12.1 Å². The molecule has 0 radical (unpaired) electrons. The van der Waals surface area contributed by atoms with Gasteiger partial charge in [-0.15, -0.1) is 0 Å². The van der Waals surface area contributed by atoms with Crippen LogP contribution in [0.25, 0.3) is 6.08 Å². The van der Waals surface area contributed by atoms with Crippen LogP contribution in [0.1, 0.15) is 24.0 Å². The number of carbonyl (C=O) groups excluding carboxylic acids is 1. The van der Waals surface area contributed by atoms with Crippen molar-refractivity contribution in [1.82, 2.24) is 15.4 Å². The zero-order chi connectivity index (χ0) is 19.9. The number of likely N-dealkylation sites (tertiary alicyclic amines) is 1. The summed E-state index contributed by atoms with van der Waals surface area (Å²) >= 11 is 6.29. The highest BCUT2D eigenvalue weighted by atomic mass is 35.5. The molecule has 148 valence electrons. The first kappa shape index (κ1) is 20.3. The maximum atomic E-state index is 13.8. The number of hydroxylamine groups is 1. The van der Waals surface area contributed by atoms with Gasteiger partial charge >= 0.3 is 0 Å². The SMILES string of the molecule is O=C(C=Cc1cnc(NC2CCN(Cc3ccccc3F)CC2)c(Cl)c1)NO. The molecule has 0 spiro atoms. The Kier molecular flexibility index (Phi) is 6.97. The van der Waals surface area contributed by atoms with Crippen molar-refractivity contribution < 1.29 is 14.4 Å². The zero-order valence-corrected chi connectivity index (χ0v) is 16.0. The number of piperidine rings is 1. The number of nitrogens with zero attached hydrogens (tertiary/aromatic N) is 2. The lowest BCUT2D eigenvalue weighted by Gasteiger charge is -2.32. The van der Waals surface area contributed by atoms with Crippen molar-refractivity contribution in [3.8, 4) is 0 Å². The Balaban J connectivity index is 1.52. The van der Waals surface area contributed by atoms with Crippen LogP contribution in [0.2, 0.25) is 5.02 Å². The average Bonchev–Trinajstić information content (AvgIpc) is 2.71. The molecular weight excluding hydrogens is 383 g/mol. The van der Waals surface area contributed by atoms with Gasteiger partial charge in [-0.05, 0) is 36.6 Å². The fourth-order valence-corrected chi connectivity index (χ4v) is 3.38. The van der Waals surface area contributed by atoms with E-state index >= 15 is 0 Å². The number of pyridine rings is 1. The molecule has 2 heterocycles. The molecule has 1 amide bonds. The summed E-state index contributed by atoms with van der Waals surface area (Å²) in [5, 5.41) is 12.3. The number of rotatable bonds is 6. The van der Waals surface area contributed by atoms with Crippen LogP contribution in [0.3, 0.4) is 0 Å². The number of anilines is 1. The first-order chi connectivity index (χ1) is 13.5.